The minimum absolute atomic E-state index is 0.293. The van der Waals surface area contributed by atoms with Gasteiger partial charge in [0.2, 0.25) is 0 Å². The fourth-order valence-electron chi connectivity index (χ4n) is 1.38. The standard InChI is InChI=1S/C9H17NO3/c1-7(9(11)12)6-10-13-8-4-2-3-5-8/h7-8,10H,2-6H2,1H3,(H,11,12). The van der Waals surface area contributed by atoms with Crippen molar-refractivity contribution < 1.29 is 14.7 Å². The van der Waals surface area contributed by atoms with Crippen LogP contribution in [0.1, 0.15) is 32.6 Å². The molecule has 1 unspecified atom stereocenters. The van der Waals surface area contributed by atoms with Crippen LogP contribution in [-0.4, -0.2) is 23.7 Å². The van der Waals surface area contributed by atoms with E-state index in [0.29, 0.717) is 12.6 Å². The van der Waals surface area contributed by atoms with Crippen molar-refractivity contribution in [1.82, 2.24) is 5.48 Å². The van der Waals surface area contributed by atoms with Gasteiger partial charge in [-0.25, -0.2) is 5.48 Å². The smallest absolute Gasteiger partial charge is 0.307 e. The Kier molecular flexibility index (Phi) is 4.18. The molecular weight excluding hydrogens is 170 g/mol. The van der Waals surface area contributed by atoms with Crippen LogP contribution in [-0.2, 0) is 9.63 Å². The fraction of sp³-hybridized carbons (Fsp3) is 0.889. The summed E-state index contributed by atoms with van der Waals surface area (Å²) in [6, 6.07) is 0. The number of aliphatic carboxylic acids is 1. The highest BCUT2D eigenvalue weighted by Crippen LogP contribution is 2.19. The molecule has 1 aliphatic rings. The lowest BCUT2D eigenvalue weighted by Crippen LogP contribution is -2.29. The topological polar surface area (TPSA) is 58.6 Å². The quantitative estimate of drug-likeness (QED) is 0.634. The van der Waals surface area contributed by atoms with E-state index >= 15 is 0 Å². The maximum atomic E-state index is 10.4. The third-order valence-corrected chi connectivity index (χ3v) is 2.36. The van der Waals surface area contributed by atoms with E-state index in [1.54, 1.807) is 6.92 Å². The number of hydroxylamine groups is 1. The van der Waals surface area contributed by atoms with Gasteiger partial charge in [0.25, 0.3) is 0 Å². The second kappa shape index (κ2) is 5.19. The highest BCUT2D eigenvalue weighted by atomic mass is 16.7. The van der Waals surface area contributed by atoms with Crippen molar-refractivity contribution in [2.24, 2.45) is 5.92 Å². The molecule has 0 radical (unpaired) electrons. The maximum absolute atomic E-state index is 10.4. The monoisotopic (exact) mass is 187 g/mol. The number of hydrogen-bond donors (Lipinski definition) is 2. The lowest BCUT2D eigenvalue weighted by Gasteiger charge is -2.13. The molecule has 4 heteroatoms. The molecule has 76 valence electrons. The fourth-order valence-corrected chi connectivity index (χ4v) is 1.38. The zero-order valence-corrected chi connectivity index (χ0v) is 7.95. The van der Waals surface area contributed by atoms with Gasteiger partial charge in [-0.15, -0.1) is 0 Å². The highest BCUT2D eigenvalue weighted by molar-refractivity contribution is 5.69. The van der Waals surface area contributed by atoms with Gasteiger partial charge >= 0.3 is 5.97 Å². The van der Waals surface area contributed by atoms with Crippen LogP contribution in [0.2, 0.25) is 0 Å². The van der Waals surface area contributed by atoms with Crippen molar-refractivity contribution in [3.05, 3.63) is 0 Å². The lowest BCUT2D eigenvalue weighted by atomic mass is 10.2. The molecule has 0 aromatic rings. The van der Waals surface area contributed by atoms with Crippen molar-refractivity contribution in [3.63, 3.8) is 0 Å². The minimum atomic E-state index is -0.789. The third kappa shape index (κ3) is 3.74. The summed E-state index contributed by atoms with van der Waals surface area (Å²) in [5, 5.41) is 8.58. The zero-order chi connectivity index (χ0) is 9.68. The number of hydrogen-bond acceptors (Lipinski definition) is 3. The number of nitrogens with one attached hydrogen (secondary N) is 1. The zero-order valence-electron chi connectivity index (χ0n) is 7.95. The van der Waals surface area contributed by atoms with Gasteiger partial charge in [-0.2, -0.15) is 0 Å². The van der Waals surface area contributed by atoms with Gasteiger partial charge in [-0.05, 0) is 12.8 Å². The summed E-state index contributed by atoms with van der Waals surface area (Å²) in [7, 11) is 0. The van der Waals surface area contributed by atoms with Crippen LogP contribution in [0.4, 0.5) is 0 Å². The van der Waals surface area contributed by atoms with Crippen LogP contribution < -0.4 is 5.48 Å². The molecule has 4 nitrogen and oxygen atoms in total. The van der Waals surface area contributed by atoms with Gasteiger partial charge in [-0.1, -0.05) is 19.8 Å². The molecule has 1 fully saturated rings. The van der Waals surface area contributed by atoms with E-state index in [-0.39, 0.29) is 5.92 Å². The molecule has 1 aliphatic carbocycles. The van der Waals surface area contributed by atoms with E-state index in [9.17, 15) is 4.79 Å². The average Bonchev–Trinajstić information content (AvgIpc) is 2.56. The Morgan fingerprint density at radius 3 is 2.77 bits per heavy atom. The minimum Gasteiger partial charge on any atom is -0.481 e. The van der Waals surface area contributed by atoms with E-state index in [4.69, 9.17) is 9.94 Å². The summed E-state index contributed by atoms with van der Waals surface area (Å²) in [6.45, 7) is 2.04. The van der Waals surface area contributed by atoms with Crippen molar-refractivity contribution in [3.8, 4) is 0 Å². The second-order valence-corrected chi connectivity index (χ2v) is 3.61. The molecule has 1 saturated carbocycles. The Bertz CT molecular complexity index is 166. The normalized spacial score (nSPS) is 20.4. The van der Waals surface area contributed by atoms with Gasteiger partial charge in [0, 0.05) is 6.54 Å². The van der Waals surface area contributed by atoms with E-state index < -0.39 is 5.97 Å². The summed E-state index contributed by atoms with van der Waals surface area (Å²) in [4.78, 5) is 15.7. The molecule has 0 aromatic carbocycles. The van der Waals surface area contributed by atoms with E-state index in [1.165, 1.54) is 12.8 Å². The van der Waals surface area contributed by atoms with E-state index in [1.807, 2.05) is 0 Å². The molecule has 13 heavy (non-hydrogen) atoms. The van der Waals surface area contributed by atoms with Gasteiger partial charge in [-0.3, -0.25) is 9.63 Å². The molecule has 0 saturated heterocycles. The average molecular weight is 187 g/mol. The van der Waals surface area contributed by atoms with Gasteiger partial charge in [0.05, 0.1) is 12.0 Å². The van der Waals surface area contributed by atoms with E-state index in [0.717, 1.165) is 12.8 Å². The molecule has 0 amide bonds. The largest absolute Gasteiger partial charge is 0.481 e. The molecule has 0 spiro atoms. The van der Waals surface area contributed by atoms with Crippen LogP contribution in [0.15, 0.2) is 0 Å². The van der Waals surface area contributed by atoms with Crippen molar-refractivity contribution >= 4 is 5.97 Å². The predicted molar refractivity (Wildman–Crippen MR) is 48.1 cm³/mol. The first-order valence-corrected chi connectivity index (χ1v) is 4.81. The summed E-state index contributed by atoms with van der Waals surface area (Å²) < 4.78 is 0. The van der Waals surface area contributed by atoms with Crippen LogP contribution in [0.3, 0.4) is 0 Å². The van der Waals surface area contributed by atoms with Crippen LogP contribution >= 0.6 is 0 Å². The van der Waals surface area contributed by atoms with Crippen LogP contribution in [0, 0.1) is 5.92 Å². The summed E-state index contributed by atoms with van der Waals surface area (Å²) >= 11 is 0. The van der Waals surface area contributed by atoms with Crippen LogP contribution in [0.5, 0.6) is 0 Å². The van der Waals surface area contributed by atoms with E-state index in [2.05, 4.69) is 5.48 Å². The molecular formula is C9H17NO3. The Hall–Kier alpha value is -0.610. The molecule has 0 aromatic heterocycles. The van der Waals surface area contributed by atoms with Gasteiger partial charge < -0.3 is 5.11 Å². The Labute approximate surface area is 78.2 Å². The molecule has 2 N–H and O–H groups in total. The summed E-state index contributed by atoms with van der Waals surface area (Å²) in [5.41, 5.74) is 2.73. The first kappa shape index (κ1) is 10.5. The third-order valence-electron chi connectivity index (χ3n) is 2.36. The lowest BCUT2D eigenvalue weighted by molar-refractivity contribution is -0.142. The number of carboxylic acid groups (broad SMARTS) is 1. The van der Waals surface area contributed by atoms with Crippen molar-refractivity contribution in [1.29, 1.82) is 0 Å². The molecule has 1 rings (SSSR count). The van der Waals surface area contributed by atoms with Gasteiger partial charge in [0.15, 0.2) is 0 Å². The maximum Gasteiger partial charge on any atom is 0.307 e. The summed E-state index contributed by atoms with van der Waals surface area (Å²) in [6.07, 6.45) is 4.92. The molecule has 0 aliphatic heterocycles. The van der Waals surface area contributed by atoms with Crippen LogP contribution in [0.25, 0.3) is 0 Å². The van der Waals surface area contributed by atoms with Crippen molar-refractivity contribution in [2.75, 3.05) is 6.54 Å². The second-order valence-electron chi connectivity index (χ2n) is 3.61. The Balaban J connectivity index is 2.02. The highest BCUT2D eigenvalue weighted by Gasteiger charge is 2.16. The number of carboxylic acids is 1. The Morgan fingerprint density at radius 1 is 1.62 bits per heavy atom. The van der Waals surface area contributed by atoms with Crippen molar-refractivity contribution in [2.45, 2.75) is 38.7 Å². The first-order valence-electron chi connectivity index (χ1n) is 4.81. The first-order chi connectivity index (χ1) is 6.20. The SMILES string of the molecule is CC(CNOC1CCCC1)C(=O)O. The molecule has 0 bridgehead atoms. The predicted octanol–water partition coefficient (Wildman–Crippen LogP) is 1.17. The Morgan fingerprint density at radius 2 is 2.23 bits per heavy atom. The summed E-state index contributed by atoms with van der Waals surface area (Å²) in [5.74, 6) is -1.18. The van der Waals surface area contributed by atoms with Gasteiger partial charge in [0.1, 0.15) is 0 Å². The molecule has 1 atom stereocenters. The molecule has 0 heterocycles. The number of rotatable bonds is 5. The number of carbonyl (C=O) groups is 1.